The molecule has 10 heteroatoms. The van der Waals surface area contributed by atoms with Crippen LogP contribution in [-0.2, 0) is 16.2 Å². The Balaban J connectivity index is 3.14. The number of rotatable bonds is 5. The second-order valence-electron chi connectivity index (χ2n) is 4.16. The largest absolute Gasteiger partial charge is 0.417 e. The van der Waals surface area contributed by atoms with E-state index in [1.54, 1.807) is 0 Å². The van der Waals surface area contributed by atoms with Crippen LogP contribution in [0.25, 0.3) is 0 Å². The lowest BCUT2D eigenvalue weighted by Crippen LogP contribution is -2.32. The molecule has 0 amide bonds. The van der Waals surface area contributed by atoms with Crippen LogP contribution in [0, 0.1) is 0 Å². The highest BCUT2D eigenvalue weighted by molar-refractivity contribution is 7.89. The molecule has 0 unspecified atom stereocenters. The summed E-state index contributed by atoms with van der Waals surface area (Å²) in [7, 11) is -3.22. The highest BCUT2D eigenvalue weighted by Gasteiger charge is 2.37. The molecule has 0 aliphatic heterocycles. The van der Waals surface area contributed by atoms with E-state index in [0.29, 0.717) is 6.07 Å². The Morgan fingerprint density at radius 2 is 1.95 bits per heavy atom. The molecule has 0 atom stereocenters. The average molecular weight is 325 g/mol. The first-order valence-electron chi connectivity index (χ1n) is 5.69. The second kappa shape index (κ2) is 6.31. The van der Waals surface area contributed by atoms with Crippen molar-refractivity contribution in [3.63, 3.8) is 0 Å². The summed E-state index contributed by atoms with van der Waals surface area (Å²) in [6.45, 7) is -0.218. The van der Waals surface area contributed by atoms with E-state index in [1.165, 1.54) is 6.07 Å². The Labute approximate surface area is 119 Å². The second-order valence-corrected chi connectivity index (χ2v) is 6.18. The normalized spacial score (nSPS) is 13.7. The molecule has 0 saturated carbocycles. The van der Waals surface area contributed by atoms with E-state index < -0.39 is 26.7 Å². The Kier molecular flexibility index (Phi) is 5.18. The maximum absolute atomic E-state index is 12.9. The van der Waals surface area contributed by atoms with Gasteiger partial charge in [0, 0.05) is 20.0 Å². The fourth-order valence-electron chi connectivity index (χ4n) is 1.54. The monoisotopic (exact) mass is 325 g/mol. The minimum atomic E-state index is -4.78. The molecule has 0 saturated heterocycles. The fourth-order valence-corrected chi connectivity index (χ4v) is 2.92. The third kappa shape index (κ3) is 4.08. The van der Waals surface area contributed by atoms with Gasteiger partial charge < -0.3 is 10.9 Å². The number of nitrogens with zero attached hydrogens (tertiary/aromatic N) is 2. The van der Waals surface area contributed by atoms with Crippen molar-refractivity contribution in [1.29, 1.82) is 0 Å². The van der Waals surface area contributed by atoms with Crippen molar-refractivity contribution < 1.29 is 26.8 Å². The molecule has 1 rings (SSSR count). The van der Waals surface area contributed by atoms with E-state index >= 15 is 0 Å². The number of oxime groups is 1. The number of nitrogens with two attached hydrogens (primary N) is 1. The first-order chi connectivity index (χ1) is 9.60. The molecule has 0 spiro atoms. The summed E-state index contributed by atoms with van der Waals surface area (Å²) < 4.78 is 63.7. The molecule has 0 fully saturated rings. The molecular formula is C11H14F3N3O3S. The van der Waals surface area contributed by atoms with Crippen LogP contribution in [0.3, 0.4) is 0 Å². The smallest absolute Gasteiger partial charge is 0.409 e. The average Bonchev–Trinajstić information content (AvgIpc) is 2.43. The number of hydrogen-bond acceptors (Lipinski definition) is 4. The SMILES string of the molecule is CN(CC/C(N)=N/O)S(=O)(=O)c1ccccc1C(F)(F)F. The highest BCUT2D eigenvalue weighted by atomic mass is 32.2. The lowest BCUT2D eigenvalue weighted by atomic mass is 10.2. The Morgan fingerprint density at radius 1 is 1.38 bits per heavy atom. The maximum Gasteiger partial charge on any atom is 0.417 e. The first-order valence-corrected chi connectivity index (χ1v) is 7.13. The molecule has 0 heterocycles. The summed E-state index contributed by atoms with van der Waals surface area (Å²) in [5.74, 6) is -0.221. The van der Waals surface area contributed by atoms with Gasteiger partial charge in [0.15, 0.2) is 0 Å². The molecule has 0 aliphatic carbocycles. The van der Waals surface area contributed by atoms with Gasteiger partial charge in [0.2, 0.25) is 10.0 Å². The van der Waals surface area contributed by atoms with Crippen LogP contribution >= 0.6 is 0 Å². The van der Waals surface area contributed by atoms with Gasteiger partial charge in [-0.15, -0.1) is 0 Å². The number of sulfonamides is 1. The molecule has 0 bridgehead atoms. The van der Waals surface area contributed by atoms with Crippen LogP contribution in [0.2, 0.25) is 0 Å². The summed E-state index contributed by atoms with van der Waals surface area (Å²) in [5.41, 5.74) is 3.97. The molecule has 1 aromatic rings. The van der Waals surface area contributed by atoms with E-state index in [1.807, 2.05) is 0 Å². The third-order valence-electron chi connectivity index (χ3n) is 2.69. The molecular weight excluding hydrogens is 311 g/mol. The Morgan fingerprint density at radius 3 is 2.48 bits per heavy atom. The van der Waals surface area contributed by atoms with E-state index in [-0.39, 0.29) is 18.8 Å². The quantitative estimate of drug-likeness (QED) is 0.371. The molecule has 1 aromatic carbocycles. The van der Waals surface area contributed by atoms with Crippen LogP contribution in [-0.4, -0.2) is 37.4 Å². The fraction of sp³-hybridized carbons (Fsp3) is 0.364. The van der Waals surface area contributed by atoms with Gasteiger partial charge in [-0.3, -0.25) is 0 Å². The standard InChI is InChI=1S/C11H14F3N3O3S/c1-17(7-6-10(15)16-18)21(19,20)9-5-3-2-4-8(9)11(12,13)14/h2-5,18H,6-7H2,1H3,(H2,15,16). The third-order valence-corrected chi connectivity index (χ3v) is 4.61. The van der Waals surface area contributed by atoms with Gasteiger partial charge in [0.25, 0.3) is 0 Å². The first kappa shape index (κ1) is 17.2. The van der Waals surface area contributed by atoms with Crippen LogP contribution < -0.4 is 5.73 Å². The van der Waals surface area contributed by atoms with Crippen molar-refractivity contribution in [2.45, 2.75) is 17.5 Å². The Hall–Kier alpha value is -1.81. The number of amidine groups is 1. The van der Waals surface area contributed by atoms with Gasteiger partial charge in [0.1, 0.15) is 5.84 Å². The van der Waals surface area contributed by atoms with Gasteiger partial charge in [-0.2, -0.15) is 13.2 Å². The zero-order valence-electron chi connectivity index (χ0n) is 11.0. The lowest BCUT2D eigenvalue weighted by Gasteiger charge is -2.19. The molecule has 3 N–H and O–H groups in total. The van der Waals surface area contributed by atoms with E-state index in [9.17, 15) is 21.6 Å². The van der Waals surface area contributed by atoms with Gasteiger partial charge in [-0.25, -0.2) is 12.7 Å². The van der Waals surface area contributed by atoms with Crippen LogP contribution in [0.15, 0.2) is 34.3 Å². The van der Waals surface area contributed by atoms with Gasteiger partial charge >= 0.3 is 6.18 Å². The van der Waals surface area contributed by atoms with Crippen LogP contribution in [0.5, 0.6) is 0 Å². The predicted octanol–water partition coefficient (Wildman–Crippen LogP) is 1.46. The maximum atomic E-state index is 12.9. The van der Waals surface area contributed by atoms with E-state index in [2.05, 4.69) is 5.16 Å². The van der Waals surface area contributed by atoms with Crippen molar-refractivity contribution in [1.82, 2.24) is 4.31 Å². The minimum Gasteiger partial charge on any atom is -0.409 e. The highest BCUT2D eigenvalue weighted by Crippen LogP contribution is 2.34. The Bertz CT molecular complexity index is 629. The summed E-state index contributed by atoms with van der Waals surface area (Å²) >= 11 is 0. The molecule has 118 valence electrons. The van der Waals surface area contributed by atoms with Crippen molar-refractivity contribution in [2.24, 2.45) is 10.9 Å². The number of hydrogen-bond donors (Lipinski definition) is 2. The summed E-state index contributed by atoms with van der Waals surface area (Å²) in [6.07, 6.45) is -4.89. The van der Waals surface area contributed by atoms with Crippen LogP contribution in [0.1, 0.15) is 12.0 Å². The van der Waals surface area contributed by atoms with Gasteiger partial charge in [0.05, 0.1) is 10.5 Å². The van der Waals surface area contributed by atoms with Crippen molar-refractivity contribution in [3.05, 3.63) is 29.8 Å². The lowest BCUT2D eigenvalue weighted by molar-refractivity contribution is -0.139. The summed E-state index contributed by atoms with van der Waals surface area (Å²) in [5, 5.41) is 11.0. The number of benzene rings is 1. The van der Waals surface area contributed by atoms with E-state index in [0.717, 1.165) is 23.5 Å². The molecule has 21 heavy (non-hydrogen) atoms. The summed E-state index contributed by atoms with van der Waals surface area (Å²) in [4.78, 5) is -0.834. The number of alkyl halides is 3. The predicted molar refractivity (Wildman–Crippen MR) is 69.3 cm³/mol. The van der Waals surface area contributed by atoms with E-state index in [4.69, 9.17) is 10.9 Å². The van der Waals surface area contributed by atoms with Crippen LogP contribution in [0.4, 0.5) is 13.2 Å². The van der Waals surface area contributed by atoms with Gasteiger partial charge in [-0.1, -0.05) is 17.3 Å². The topological polar surface area (TPSA) is 96.0 Å². The molecule has 0 radical (unpaired) electrons. The minimum absolute atomic E-state index is 0.111. The zero-order valence-corrected chi connectivity index (χ0v) is 11.8. The zero-order chi connectivity index (χ0) is 16.3. The van der Waals surface area contributed by atoms with Crippen molar-refractivity contribution in [2.75, 3.05) is 13.6 Å². The molecule has 0 aliphatic rings. The molecule has 0 aromatic heterocycles. The van der Waals surface area contributed by atoms with Gasteiger partial charge in [-0.05, 0) is 12.1 Å². The van der Waals surface area contributed by atoms with Crippen molar-refractivity contribution in [3.8, 4) is 0 Å². The van der Waals surface area contributed by atoms with Crippen molar-refractivity contribution >= 4 is 15.9 Å². The summed E-state index contributed by atoms with van der Waals surface area (Å²) in [6, 6.07) is 3.90. The molecule has 6 nitrogen and oxygen atoms in total. The number of halogens is 3.